The average molecular weight is 614 g/mol. The molecule has 40 heavy (non-hydrogen) atoms. The van der Waals surface area contributed by atoms with Gasteiger partial charge in [0.25, 0.3) is 11.8 Å². The van der Waals surface area contributed by atoms with E-state index in [1.54, 1.807) is 5.38 Å². The maximum Gasteiger partial charge on any atom is 0.394 e. The van der Waals surface area contributed by atoms with E-state index in [1.165, 1.54) is 35.0 Å². The molecule has 6 N–H and O–H groups in total. The Hall–Kier alpha value is -3.58. The number of carboxylic acids is 1. The van der Waals surface area contributed by atoms with Crippen LogP contribution in [0.25, 0.3) is 0 Å². The molecule has 3 aliphatic rings. The quantitative estimate of drug-likeness (QED) is 0.0887. The van der Waals surface area contributed by atoms with Crippen molar-refractivity contribution in [3.05, 3.63) is 51.9 Å². The van der Waals surface area contributed by atoms with Crippen molar-refractivity contribution in [2.45, 2.75) is 37.2 Å². The number of hydrogen-bond donors (Lipinski definition) is 5. The fraction of sp³-hybridized carbons (Fsp3) is 0.364. The second-order valence-electron chi connectivity index (χ2n) is 8.72. The molecule has 18 heteroatoms. The molecule has 0 aromatic carbocycles. The van der Waals surface area contributed by atoms with Crippen LogP contribution in [0.15, 0.2) is 40.1 Å². The van der Waals surface area contributed by atoms with E-state index in [2.05, 4.69) is 26.1 Å². The number of pyridine rings is 1. The molecule has 2 amide bonds. The zero-order valence-electron chi connectivity index (χ0n) is 20.9. The summed E-state index contributed by atoms with van der Waals surface area (Å²) in [5.74, 6) is -1.86. The molecule has 1 aliphatic carbocycles. The lowest BCUT2D eigenvalue weighted by Crippen LogP contribution is -2.71. The molecule has 2 aromatic heterocycles. The lowest BCUT2D eigenvalue weighted by molar-refractivity contribution is -0.696. The molecule has 214 valence electrons. The van der Waals surface area contributed by atoms with Crippen LogP contribution >= 0.6 is 23.1 Å². The molecule has 0 spiro atoms. The number of hydrogen-bond acceptors (Lipinski definition) is 11. The van der Waals surface area contributed by atoms with Gasteiger partial charge in [-0.25, -0.2) is 9.78 Å². The number of nitrogens with one attached hydrogen (secondary N) is 1. The standard InChI is InChI=1S/C22H22N6O5S2.H2O4S/c1-33-26-15(13-10-35-22(23)24-13)18(29)25-16-19(30)28-17(21(31)32)12(9-34-20(16)28)8-27-7-3-5-11-4-2-6-14(11)27;1-5(2,3)4/h3,5,7,10,16,20H,2,4,6,8-9H2,1H3,(H3-,23,24,25,29,31,32);(H2,1,2,3,4)/p+1/t16-,20-;/m1./s1. The number of β-lactam (4-membered cyclic amide) rings is 1. The highest BCUT2D eigenvalue weighted by atomic mass is 32.3. The molecule has 5 rings (SSSR count). The van der Waals surface area contributed by atoms with Crippen molar-refractivity contribution in [1.82, 2.24) is 15.2 Å². The Morgan fingerprint density at radius 3 is 2.70 bits per heavy atom. The molecule has 1 saturated heterocycles. The minimum absolute atomic E-state index is 0.00888. The van der Waals surface area contributed by atoms with Gasteiger partial charge in [0.15, 0.2) is 29.3 Å². The average Bonchev–Trinajstić information content (AvgIpc) is 3.53. The summed E-state index contributed by atoms with van der Waals surface area (Å²) in [5.41, 5.74) is 8.92. The largest absolute Gasteiger partial charge is 0.477 e. The first-order valence-electron chi connectivity index (χ1n) is 11.6. The Labute approximate surface area is 236 Å². The normalized spacial score (nSPS) is 20.1. The number of aryl methyl sites for hydroxylation is 1. The molecule has 2 atom stereocenters. The summed E-state index contributed by atoms with van der Waals surface area (Å²) < 4.78 is 33.7. The van der Waals surface area contributed by atoms with Gasteiger partial charge in [-0.2, -0.15) is 13.0 Å². The number of thioether (sulfide) groups is 1. The summed E-state index contributed by atoms with van der Waals surface area (Å²) in [4.78, 5) is 48.2. The monoisotopic (exact) mass is 613 g/mol. The van der Waals surface area contributed by atoms with Crippen LogP contribution in [0.1, 0.15) is 23.4 Å². The summed E-state index contributed by atoms with van der Waals surface area (Å²) in [7, 11) is -3.37. The van der Waals surface area contributed by atoms with Gasteiger partial charge in [-0.15, -0.1) is 23.1 Å². The van der Waals surface area contributed by atoms with Gasteiger partial charge in [-0.05, 0) is 18.9 Å². The van der Waals surface area contributed by atoms with Crippen LogP contribution < -0.4 is 15.6 Å². The second-order valence-corrected chi connectivity index (χ2v) is 11.6. The number of carboxylic acid groups (broad SMARTS) is 1. The molecule has 2 aliphatic heterocycles. The molecule has 0 saturated carbocycles. The van der Waals surface area contributed by atoms with E-state index in [9.17, 15) is 19.5 Å². The first kappa shape index (κ1) is 29.4. The highest BCUT2D eigenvalue weighted by Gasteiger charge is 2.55. The van der Waals surface area contributed by atoms with E-state index in [0.29, 0.717) is 17.9 Å². The van der Waals surface area contributed by atoms with Crippen molar-refractivity contribution >= 4 is 62.1 Å². The summed E-state index contributed by atoms with van der Waals surface area (Å²) in [5, 5.41) is 17.7. The lowest BCUT2D eigenvalue weighted by atomic mass is 10.0. The van der Waals surface area contributed by atoms with E-state index >= 15 is 0 Å². The Bertz CT molecular complexity index is 1510. The predicted octanol–water partition coefficient (Wildman–Crippen LogP) is -0.362. The van der Waals surface area contributed by atoms with Crippen molar-refractivity contribution < 1.29 is 46.4 Å². The topological polar surface area (TPSA) is 226 Å². The number of carbonyl (C=O) groups excluding carboxylic acids is 2. The Kier molecular flexibility index (Phi) is 8.74. The van der Waals surface area contributed by atoms with Gasteiger partial charge in [0.2, 0.25) is 0 Å². The lowest BCUT2D eigenvalue weighted by Gasteiger charge is -2.49. The molecule has 0 bridgehead atoms. The molecule has 0 radical (unpaired) electrons. The SMILES string of the molecule is CON=C(C(=O)N[C@@H]1C(=O)N2C(C(=O)O)=C(C[n+]3cccc4c3CCC4)CS[C@H]12)c1csc(N)n1.O=S(=O)(O)O. The van der Waals surface area contributed by atoms with Crippen LogP contribution in [0.3, 0.4) is 0 Å². The maximum atomic E-state index is 13.0. The number of aliphatic carboxylic acids is 1. The first-order chi connectivity index (χ1) is 18.9. The highest BCUT2D eigenvalue weighted by Crippen LogP contribution is 2.40. The van der Waals surface area contributed by atoms with Gasteiger partial charge in [-0.1, -0.05) is 5.16 Å². The Morgan fingerprint density at radius 2 is 2.08 bits per heavy atom. The van der Waals surface area contributed by atoms with E-state index in [-0.39, 0.29) is 22.2 Å². The van der Waals surface area contributed by atoms with E-state index < -0.39 is 39.6 Å². The number of aromatic nitrogens is 2. The number of nitrogen functional groups attached to an aromatic ring is 1. The van der Waals surface area contributed by atoms with Crippen molar-refractivity contribution in [2.75, 3.05) is 18.6 Å². The maximum absolute atomic E-state index is 13.0. The minimum Gasteiger partial charge on any atom is -0.477 e. The van der Waals surface area contributed by atoms with E-state index in [0.717, 1.165) is 30.6 Å². The molecule has 2 aromatic rings. The fourth-order valence-electron chi connectivity index (χ4n) is 4.67. The fourth-order valence-corrected chi connectivity index (χ4v) is 6.56. The van der Waals surface area contributed by atoms with Gasteiger partial charge in [0.05, 0.1) is 0 Å². The summed E-state index contributed by atoms with van der Waals surface area (Å²) >= 11 is 2.57. The molecule has 1 fully saturated rings. The van der Waals surface area contributed by atoms with Crippen LogP contribution in [0.2, 0.25) is 0 Å². The van der Waals surface area contributed by atoms with Crippen LogP contribution in [-0.4, -0.2) is 80.3 Å². The Balaban J connectivity index is 0.000000681. The minimum atomic E-state index is -4.67. The predicted molar refractivity (Wildman–Crippen MR) is 143 cm³/mol. The van der Waals surface area contributed by atoms with Crippen LogP contribution in [0.4, 0.5) is 5.13 Å². The number of thiazole rings is 1. The first-order valence-corrected chi connectivity index (χ1v) is 14.9. The zero-order chi connectivity index (χ0) is 29.2. The third-order valence-electron chi connectivity index (χ3n) is 6.20. The van der Waals surface area contributed by atoms with Crippen LogP contribution in [0, 0.1) is 0 Å². The van der Waals surface area contributed by atoms with Gasteiger partial charge < -0.3 is 21.0 Å². The molecule has 4 heterocycles. The second kappa shape index (κ2) is 11.9. The number of amides is 2. The van der Waals surface area contributed by atoms with Gasteiger partial charge in [0, 0.05) is 34.8 Å². The van der Waals surface area contributed by atoms with Crippen molar-refractivity contribution in [2.24, 2.45) is 5.16 Å². The van der Waals surface area contributed by atoms with E-state index in [1.807, 2.05) is 12.3 Å². The number of carbonyl (C=O) groups is 3. The van der Waals surface area contributed by atoms with E-state index in [4.69, 9.17) is 28.1 Å². The summed E-state index contributed by atoms with van der Waals surface area (Å²) in [6.07, 6.45) is 5.01. The van der Waals surface area contributed by atoms with Gasteiger partial charge >= 0.3 is 16.4 Å². The number of oxime groups is 1. The van der Waals surface area contributed by atoms with Crippen molar-refractivity contribution in [3.63, 3.8) is 0 Å². The number of anilines is 1. The number of rotatable bonds is 7. The number of fused-ring (bicyclic) bond motifs is 2. The molecule has 0 unspecified atom stereocenters. The summed E-state index contributed by atoms with van der Waals surface area (Å²) in [6.45, 7) is 0.404. The smallest absolute Gasteiger partial charge is 0.394 e. The third-order valence-corrected chi connectivity index (χ3v) is 8.21. The molecular weight excluding hydrogens is 588 g/mol. The number of nitrogens with two attached hydrogens (primary N) is 1. The van der Waals surface area contributed by atoms with Crippen molar-refractivity contribution in [1.29, 1.82) is 0 Å². The third kappa shape index (κ3) is 6.41. The van der Waals surface area contributed by atoms with Crippen LogP contribution in [0.5, 0.6) is 0 Å². The highest BCUT2D eigenvalue weighted by molar-refractivity contribution is 8.00. The number of nitrogens with zero attached hydrogens (tertiary/aromatic N) is 4. The van der Waals surface area contributed by atoms with Crippen molar-refractivity contribution in [3.8, 4) is 0 Å². The zero-order valence-corrected chi connectivity index (χ0v) is 23.3. The Morgan fingerprint density at radius 1 is 1.35 bits per heavy atom. The molecule has 15 nitrogen and oxygen atoms in total. The van der Waals surface area contributed by atoms with Crippen LogP contribution in [-0.2, 0) is 49.0 Å². The van der Waals surface area contributed by atoms with Gasteiger partial charge in [0.1, 0.15) is 29.9 Å². The summed E-state index contributed by atoms with van der Waals surface area (Å²) in [6, 6.07) is 3.18. The molecular formula is C22H25N6O9S3+. The van der Waals surface area contributed by atoms with Gasteiger partial charge in [-0.3, -0.25) is 23.6 Å².